The molecule has 27 heavy (non-hydrogen) atoms. The molecule has 146 valence electrons. The number of carbonyl (C=O) groups excluding carboxylic acids is 1. The Hall–Kier alpha value is -1.99. The van der Waals surface area contributed by atoms with Gasteiger partial charge in [-0.05, 0) is 37.6 Å². The number of hydrogen-bond acceptors (Lipinski definition) is 4. The number of sulfonamides is 1. The van der Waals surface area contributed by atoms with Crippen molar-refractivity contribution in [2.45, 2.75) is 31.2 Å². The Balaban J connectivity index is 2.04. The van der Waals surface area contributed by atoms with Crippen LogP contribution in [-0.4, -0.2) is 38.9 Å². The molecule has 7 heteroatoms. The summed E-state index contributed by atoms with van der Waals surface area (Å²) in [4.78, 5) is 13.8. The Morgan fingerprint density at radius 2 is 1.74 bits per heavy atom. The summed E-state index contributed by atoms with van der Waals surface area (Å²) in [7, 11) is -3.59. The first-order chi connectivity index (χ1) is 12.8. The minimum absolute atomic E-state index is 0.280. The molecule has 0 spiro atoms. The van der Waals surface area contributed by atoms with E-state index in [0.29, 0.717) is 18.7 Å². The van der Waals surface area contributed by atoms with Gasteiger partial charge < -0.3 is 5.32 Å². The van der Waals surface area contributed by atoms with Crippen LogP contribution in [-0.2, 0) is 14.8 Å². The van der Waals surface area contributed by atoms with Gasteiger partial charge in [0.2, 0.25) is 15.9 Å². The molecule has 0 unspecified atom stereocenters. The molecule has 1 amide bonds. The van der Waals surface area contributed by atoms with Crippen LogP contribution in [0.2, 0.25) is 0 Å². The van der Waals surface area contributed by atoms with E-state index in [1.54, 1.807) is 23.9 Å². The highest BCUT2D eigenvalue weighted by atomic mass is 32.2. The number of rotatable bonds is 9. The Bertz CT molecular complexity index is 837. The molecular weight excluding hydrogens is 380 g/mol. The van der Waals surface area contributed by atoms with Crippen molar-refractivity contribution < 1.29 is 13.2 Å². The second-order valence-electron chi connectivity index (χ2n) is 6.27. The number of anilines is 1. The van der Waals surface area contributed by atoms with Gasteiger partial charge in [-0.2, -0.15) is 0 Å². The lowest BCUT2D eigenvalue weighted by Crippen LogP contribution is -2.49. The molecule has 0 bridgehead atoms. The molecule has 0 heterocycles. The van der Waals surface area contributed by atoms with Crippen molar-refractivity contribution in [1.29, 1.82) is 0 Å². The van der Waals surface area contributed by atoms with Crippen LogP contribution in [0.15, 0.2) is 59.5 Å². The summed E-state index contributed by atoms with van der Waals surface area (Å²) in [6.07, 6.45) is 1.52. The Kier molecular flexibility index (Phi) is 7.74. The molecule has 2 aromatic carbocycles. The fourth-order valence-corrected chi connectivity index (χ4v) is 4.73. The SMILES string of the molecule is CC[C@H](C(=O)NCCSc1ccccc1)N(c1ccc(C)cc1)S(C)(=O)=O. The number of aryl methyl sites for hydroxylation is 1. The largest absolute Gasteiger partial charge is 0.353 e. The minimum atomic E-state index is -3.59. The molecule has 5 nitrogen and oxygen atoms in total. The van der Waals surface area contributed by atoms with E-state index in [1.165, 1.54) is 4.31 Å². The molecule has 0 aliphatic rings. The fraction of sp³-hybridized carbons (Fsp3) is 0.350. The van der Waals surface area contributed by atoms with E-state index in [0.717, 1.165) is 22.5 Å². The van der Waals surface area contributed by atoms with Gasteiger partial charge in [0.1, 0.15) is 6.04 Å². The summed E-state index contributed by atoms with van der Waals surface area (Å²) in [6.45, 7) is 4.22. The van der Waals surface area contributed by atoms with Gasteiger partial charge in [-0.3, -0.25) is 9.10 Å². The van der Waals surface area contributed by atoms with Crippen LogP contribution < -0.4 is 9.62 Å². The molecule has 1 N–H and O–H groups in total. The fourth-order valence-electron chi connectivity index (χ4n) is 2.73. The minimum Gasteiger partial charge on any atom is -0.353 e. The highest BCUT2D eigenvalue weighted by Crippen LogP contribution is 2.23. The first-order valence-electron chi connectivity index (χ1n) is 8.84. The molecule has 1 atom stereocenters. The van der Waals surface area contributed by atoms with E-state index >= 15 is 0 Å². The van der Waals surface area contributed by atoms with Crippen LogP contribution in [0.1, 0.15) is 18.9 Å². The molecule has 2 rings (SSSR count). The lowest BCUT2D eigenvalue weighted by atomic mass is 10.1. The zero-order chi connectivity index (χ0) is 19.9. The third-order valence-corrected chi connectivity index (χ3v) is 6.23. The van der Waals surface area contributed by atoms with Crippen LogP contribution >= 0.6 is 11.8 Å². The van der Waals surface area contributed by atoms with Crippen molar-refractivity contribution in [2.24, 2.45) is 0 Å². The highest BCUT2D eigenvalue weighted by molar-refractivity contribution is 7.99. The van der Waals surface area contributed by atoms with Gasteiger partial charge in [-0.15, -0.1) is 11.8 Å². The maximum absolute atomic E-state index is 12.7. The number of carbonyl (C=O) groups is 1. The summed E-state index contributed by atoms with van der Waals surface area (Å²) in [5.74, 6) is 0.437. The topological polar surface area (TPSA) is 66.5 Å². The second-order valence-corrected chi connectivity index (χ2v) is 9.30. The maximum atomic E-state index is 12.7. The summed E-state index contributed by atoms with van der Waals surface area (Å²) < 4.78 is 26.0. The van der Waals surface area contributed by atoms with Gasteiger partial charge in [0.05, 0.1) is 11.9 Å². The number of nitrogens with one attached hydrogen (secondary N) is 1. The third kappa shape index (κ3) is 6.29. The molecule has 0 fully saturated rings. The normalized spacial score (nSPS) is 12.4. The van der Waals surface area contributed by atoms with Crippen LogP contribution in [0.5, 0.6) is 0 Å². The summed E-state index contributed by atoms with van der Waals surface area (Å²) in [5.41, 5.74) is 1.53. The molecule has 0 aliphatic carbocycles. The van der Waals surface area contributed by atoms with E-state index in [9.17, 15) is 13.2 Å². The predicted octanol–water partition coefficient (Wildman–Crippen LogP) is 3.45. The van der Waals surface area contributed by atoms with Gasteiger partial charge in [-0.1, -0.05) is 42.8 Å². The van der Waals surface area contributed by atoms with Crippen molar-refractivity contribution in [3.63, 3.8) is 0 Å². The van der Waals surface area contributed by atoms with Gasteiger partial charge >= 0.3 is 0 Å². The molecule has 0 saturated heterocycles. The van der Waals surface area contributed by atoms with Gasteiger partial charge in [0, 0.05) is 17.2 Å². The molecule has 0 aromatic heterocycles. The van der Waals surface area contributed by atoms with Crippen molar-refractivity contribution in [3.8, 4) is 0 Å². The van der Waals surface area contributed by atoms with Crippen molar-refractivity contribution in [1.82, 2.24) is 5.32 Å². The predicted molar refractivity (Wildman–Crippen MR) is 113 cm³/mol. The molecular formula is C20H26N2O3S2. The zero-order valence-corrected chi connectivity index (χ0v) is 17.5. The average molecular weight is 407 g/mol. The molecule has 2 aromatic rings. The average Bonchev–Trinajstić information content (AvgIpc) is 2.64. The second kappa shape index (κ2) is 9.80. The molecule has 0 radical (unpaired) electrons. The van der Waals surface area contributed by atoms with E-state index in [2.05, 4.69) is 5.32 Å². The van der Waals surface area contributed by atoms with Crippen LogP contribution in [0.25, 0.3) is 0 Å². The summed E-state index contributed by atoms with van der Waals surface area (Å²) in [5, 5.41) is 2.87. The Labute approximate surface area is 166 Å². The Morgan fingerprint density at radius 1 is 1.11 bits per heavy atom. The number of thioether (sulfide) groups is 1. The standard InChI is InChI=1S/C20H26N2O3S2/c1-4-19(20(23)21-14-15-26-18-8-6-5-7-9-18)22(27(3,24)25)17-12-10-16(2)11-13-17/h5-13,19H,4,14-15H2,1-3H3,(H,21,23)/t19-/m1/s1. The quantitative estimate of drug-likeness (QED) is 0.512. The number of nitrogens with zero attached hydrogens (tertiary/aromatic N) is 1. The lowest BCUT2D eigenvalue weighted by Gasteiger charge is -2.30. The van der Waals surface area contributed by atoms with Crippen LogP contribution in [0, 0.1) is 6.92 Å². The smallest absolute Gasteiger partial charge is 0.243 e. The van der Waals surface area contributed by atoms with Gasteiger partial charge in [-0.25, -0.2) is 8.42 Å². The lowest BCUT2D eigenvalue weighted by molar-refractivity contribution is -0.122. The van der Waals surface area contributed by atoms with E-state index < -0.39 is 16.1 Å². The number of benzene rings is 2. The van der Waals surface area contributed by atoms with E-state index in [4.69, 9.17) is 0 Å². The van der Waals surface area contributed by atoms with E-state index in [1.807, 2.05) is 56.3 Å². The molecule has 0 aliphatic heterocycles. The highest BCUT2D eigenvalue weighted by Gasteiger charge is 2.31. The Morgan fingerprint density at radius 3 is 2.30 bits per heavy atom. The molecule has 0 saturated carbocycles. The van der Waals surface area contributed by atoms with E-state index in [-0.39, 0.29) is 5.91 Å². The number of amides is 1. The monoisotopic (exact) mass is 406 g/mol. The maximum Gasteiger partial charge on any atom is 0.243 e. The van der Waals surface area contributed by atoms with Crippen molar-refractivity contribution in [2.75, 3.05) is 22.9 Å². The third-order valence-electron chi connectivity index (χ3n) is 4.03. The van der Waals surface area contributed by atoms with Crippen molar-refractivity contribution in [3.05, 3.63) is 60.2 Å². The van der Waals surface area contributed by atoms with Crippen LogP contribution in [0.4, 0.5) is 5.69 Å². The zero-order valence-electron chi connectivity index (χ0n) is 15.9. The first-order valence-corrected chi connectivity index (χ1v) is 11.7. The van der Waals surface area contributed by atoms with Crippen LogP contribution in [0.3, 0.4) is 0 Å². The van der Waals surface area contributed by atoms with Crippen molar-refractivity contribution >= 4 is 33.4 Å². The summed E-state index contributed by atoms with van der Waals surface area (Å²) in [6, 6.07) is 16.3. The van der Waals surface area contributed by atoms with Gasteiger partial charge in [0.25, 0.3) is 0 Å². The summed E-state index contributed by atoms with van der Waals surface area (Å²) >= 11 is 1.65. The first kappa shape index (κ1) is 21.3. The van der Waals surface area contributed by atoms with Gasteiger partial charge in [0.15, 0.2) is 0 Å². The number of hydrogen-bond donors (Lipinski definition) is 1.